The molecule has 0 N–H and O–H groups in total. The van der Waals surface area contributed by atoms with Gasteiger partial charge in [0.25, 0.3) is 5.56 Å². The highest BCUT2D eigenvalue weighted by atomic mass is 35.5. The molecule has 1 saturated heterocycles. The normalized spacial score (nSPS) is 17.2. The smallest absolute Gasteiger partial charge is 0.266 e. The first-order valence-corrected chi connectivity index (χ1v) is 8.39. The first-order valence-electron chi connectivity index (χ1n) is 8.01. The third kappa shape index (κ3) is 3.25. The molecule has 0 aromatic carbocycles. The van der Waals surface area contributed by atoms with Crippen molar-refractivity contribution in [1.82, 2.24) is 29.3 Å². The Morgan fingerprint density at radius 3 is 2.84 bits per heavy atom. The maximum Gasteiger partial charge on any atom is 0.266 e. The molecule has 8 nitrogen and oxygen atoms in total. The van der Waals surface area contributed by atoms with Gasteiger partial charge in [0.2, 0.25) is 5.95 Å². The molecule has 4 heterocycles. The number of hydrogen-bond acceptors (Lipinski definition) is 6. The topological polar surface area (TPSA) is 81.7 Å². The minimum atomic E-state index is -0.132. The molecule has 3 aromatic heterocycles. The maximum atomic E-state index is 12.2. The van der Waals surface area contributed by atoms with Crippen molar-refractivity contribution >= 4 is 17.5 Å². The summed E-state index contributed by atoms with van der Waals surface area (Å²) in [6, 6.07) is 3.33. The van der Waals surface area contributed by atoms with Gasteiger partial charge in [-0.3, -0.25) is 9.36 Å². The number of halogens is 1. The summed E-state index contributed by atoms with van der Waals surface area (Å²) in [6.07, 6.45) is 10.3. The van der Waals surface area contributed by atoms with Crippen LogP contribution in [0.2, 0.25) is 5.02 Å². The average molecular weight is 358 g/mol. The van der Waals surface area contributed by atoms with Crippen molar-refractivity contribution in [1.29, 1.82) is 0 Å². The second-order valence-corrected chi connectivity index (χ2v) is 6.31. The average Bonchev–Trinajstić information content (AvgIpc) is 3.29. The molecule has 25 heavy (non-hydrogen) atoms. The lowest BCUT2D eigenvalue weighted by Crippen LogP contribution is -2.38. The van der Waals surface area contributed by atoms with Gasteiger partial charge in [0.1, 0.15) is 6.33 Å². The van der Waals surface area contributed by atoms with E-state index in [2.05, 4.69) is 25.0 Å². The Morgan fingerprint density at radius 1 is 1.24 bits per heavy atom. The Morgan fingerprint density at radius 2 is 2.08 bits per heavy atom. The lowest BCUT2D eigenvalue weighted by atomic mass is 10.2. The van der Waals surface area contributed by atoms with Crippen LogP contribution >= 0.6 is 11.6 Å². The monoisotopic (exact) mass is 357 g/mol. The predicted molar refractivity (Wildman–Crippen MR) is 93.0 cm³/mol. The zero-order chi connectivity index (χ0) is 17.2. The molecule has 0 bridgehead atoms. The molecule has 0 radical (unpaired) electrons. The van der Waals surface area contributed by atoms with Crippen molar-refractivity contribution in [3.8, 4) is 5.82 Å². The highest BCUT2D eigenvalue weighted by Crippen LogP contribution is 2.23. The van der Waals surface area contributed by atoms with Gasteiger partial charge in [0, 0.05) is 25.0 Å². The van der Waals surface area contributed by atoms with Gasteiger partial charge in [-0.25, -0.2) is 19.6 Å². The Labute approximate surface area is 148 Å². The van der Waals surface area contributed by atoms with E-state index >= 15 is 0 Å². The van der Waals surface area contributed by atoms with Crippen molar-refractivity contribution in [3.05, 3.63) is 58.6 Å². The first kappa shape index (κ1) is 15.8. The summed E-state index contributed by atoms with van der Waals surface area (Å²) in [7, 11) is 0. The predicted octanol–water partition coefficient (Wildman–Crippen LogP) is 1.54. The van der Waals surface area contributed by atoms with Crippen LogP contribution in [0, 0.1) is 0 Å². The molecule has 1 fully saturated rings. The number of imidazole rings is 1. The molecule has 1 aliphatic heterocycles. The van der Waals surface area contributed by atoms with Crippen molar-refractivity contribution in [2.75, 3.05) is 11.4 Å². The van der Waals surface area contributed by atoms with Gasteiger partial charge < -0.3 is 4.90 Å². The van der Waals surface area contributed by atoms with Gasteiger partial charge in [-0.1, -0.05) is 11.6 Å². The molecule has 0 saturated carbocycles. The molecular formula is C16H16ClN7O. The van der Waals surface area contributed by atoms with Crippen molar-refractivity contribution in [3.63, 3.8) is 0 Å². The largest absolute Gasteiger partial charge is 0.336 e. The lowest BCUT2D eigenvalue weighted by molar-refractivity contribution is 0.482. The summed E-state index contributed by atoms with van der Waals surface area (Å²) < 4.78 is 3.26. The number of anilines is 1. The second kappa shape index (κ2) is 6.64. The highest BCUT2D eigenvalue weighted by Gasteiger charge is 2.27. The molecule has 0 amide bonds. The molecule has 3 aromatic rings. The van der Waals surface area contributed by atoms with Crippen LogP contribution in [0.5, 0.6) is 0 Å². The minimum absolute atomic E-state index is 0.115. The van der Waals surface area contributed by atoms with Gasteiger partial charge in [-0.15, -0.1) is 0 Å². The maximum absolute atomic E-state index is 12.2. The van der Waals surface area contributed by atoms with Crippen LogP contribution in [0.15, 0.2) is 48.0 Å². The fourth-order valence-corrected chi connectivity index (χ4v) is 3.14. The second-order valence-electron chi connectivity index (χ2n) is 5.87. The van der Waals surface area contributed by atoms with E-state index in [0.717, 1.165) is 19.4 Å². The molecule has 0 aliphatic carbocycles. The summed E-state index contributed by atoms with van der Waals surface area (Å²) in [4.78, 5) is 26.9. The molecule has 1 aliphatic rings. The number of nitrogens with zero attached hydrogens (tertiary/aromatic N) is 7. The molecule has 1 unspecified atom stereocenters. The van der Waals surface area contributed by atoms with Crippen molar-refractivity contribution in [2.24, 2.45) is 0 Å². The van der Waals surface area contributed by atoms with E-state index in [1.807, 2.05) is 0 Å². The van der Waals surface area contributed by atoms with E-state index in [1.54, 1.807) is 41.7 Å². The van der Waals surface area contributed by atoms with Gasteiger partial charge in [0.05, 0.1) is 30.0 Å². The molecule has 128 valence electrons. The van der Waals surface area contributed by atoms with E-state index in [-0.39, 0.29) is 11.6 Å². The standard InChI is InChI=1S/C16H16ClN7O/c17-12-8-19-16(20-9-12)23-6-1-2-13(23)10-24-15(25)4-3-14(21-24)22-7-5-18-11-22/h3-5,7-9,11,13H,1-2,6,10H2. The summed E-state index contributed by atoms with van der Waals surface area (Å²) >= 11 is 5.87. The van der Waals surface area contributed by atoms with Crippen LogP contribution in [0.1, 0.15) is 12.8 Å². The molecular weight excluding hydrogens is 342 g/mol. The summed E-state index contributed by atoms with van der Waals surface area (Å²) in [5.74, 6) is 1.29. The number of rotatable bonds is 4. The Hall–Kier alpha value is -2.74. The van der Waals surface area contributed by atoms with Gasteiger partial charge in [-0.05, 0) is 18.9 Å². The fraction of sp³-hybridized carbons (Fsp3) is 0.312. The van der Waals surface area contributed by atoms with Crippen molar-refractivity contribution in [2.45, 2.75) is 25.4 Å². The first-order chi connectivity index (χ1) is 12.2. The van der Waals surface area contributed by atoms with Crippen LogP contribution in [0.25, 0.3) is 5.82 Å². The van der Waals surface area contributed by atoms with Crippen LogP contribution in [0.3, 0.4) is 0 Å². The van der Waals surface area contributed by atoms with E-state index in [1.165, 1.54) is 10.7 Å². The zero-order valence-electron chi connectivity index (χ0n) is 13.4. The highest BCUT2D eigenvalue weighted by molar-refractivity contribution is 6.30. The fourth-order valence-electron chi connectivity index (χ4n) is 3.04. The van der Waals surface area contributed by atoms with Gasteiger partial charge in [-0.2, -0.15) is 5.10 Å². The SMILES string of the molecule is O=c1ccc(-n2ccnc2)nn1CC1CCCN1c1ncc(Cl)cn1. The van der Waals surface area contributed by atoms with E-state index < -0.39 is 0 Å². The quantitative estimate of drug-likeness (QED) is 0.704. The van der Waals surface area contributed by atoms with E-state index in [4.69, 9.17) is 11.6 Å². The third-order valence-corrected chi connectivity index (χ3v) is 4.44. The van der Waals surface area contributed by atoms with Crippen LogP contribution in [-0.2, 0) is 6.54 Å². The zero-order valence-corrected chi connectivity index (χ0v) is 14.1. The lowest BCUT2D eigenvalue weighted by Gasteiger charge is -2.24. The van der Waals surface area contributed by atoms with Crippen LogP contribution in [-0.4, -0.2) is 41.9 Å². The third-order valence-electron chi connectivity index (χ3n) is 4.25. The summed E-state index contributed by atoms with van der Waals surface area (Å²) in [6.45, 7) is 1.33. The van der Waals surface area contributed by atoms with Gasteiger partial charge in [0.15, 0.2) is 5.82 Å². The van der Waals surface area contributed by atoms with Crippen LogP contribution in [0.4, 0.5) is 5.95 Å². The van der Waals surface area contributed by atoms with Gasteiger partial charge >= 0.3 is 0 Å². The number of hydrogen-bond donors (Lipinski definition) is 0. The Kier molecular flexibility index (Phi) is 4.19. The van der Waals surface area contributed by atoms with E-state index in [9.17, 15) is 4.79 Å². The Balaban J connectivity index is 1.59. The molecule has 1 atom stereocenters. The molecule has 9 heteroatoms. The van der Waals surface area contributed by atoms with E-state index in [0.29, 0.717) is 23.3 Å². The molecule has 0 spiro atoms. The van der Waals surface area contributed by atoms with Crippen molar-refractivity contribution < 1.29 is 0 Å². The summed E-state index contributed by atoms with van der Waals surface area (Å²) in [5.41, 5.74) is -0.132. The van der Waals surface area contributed by atoms with Crippen LogP contribution < -0.4 is 10.5 Å². The summed E-state index contributed by atoms with van der Waals surface area (Å²) in [5, 5.41) is 4.96. The molecule has 4 rings (SSSR count). The minimum Gasteiger partial charge on any atom is -0.336 e. The Bertz CT molecular complexity index is 907. The number of aromatic nitrogens is 6.